The first-order valence-electron chi connectivity index (χ1n) is 10.7. The number of piperazine rings is 1. The van der Waals surface area contributed by atoms with Gasteiger partial charge >= 0.3 is 0 Å². The van der Waals surface area contributed by atoms with Crippen molar-refractivity contribution in [3.8, 4) is 11.1 Å². The fourth-order valence-electron chi connectivity index (χ4n) is 4.30. The number of hydrogen-bond acceptors (Lipinski definition) is 6. The molecule has 0 radical (unpaired) electrons. The van der Waals surface area contributed by atoms with Crippen LogP contribution in [0.15, 0.2) is 53.6 Å². The molecule has 2 aliphatic rings. The van der Waals surface area contributed by atoms with Gasteiger partial charge in [-0.1, -0.05) is 12.1 Å². The smallest absolute Gasteiger partial charge is 0.290 e. The third-order valence-corrected chi connectivity index (χ3v) is 6.87. The third kappa shape index (κ3) is 4.01. The number of fused-ring (bicyclic) bond motifs is 1. The van der Waals surface area contributed by atoms with E-state index in [4.69, 9.17) is 0 Å². The monoisotopic (exact) mass is 444 g/mol. The van der Waals surface area contributed by atoms with E-state index in [2.05, 4.69) is 52.3 Å². The number of carbonyl (C=O) groups excluding carboxylic acids is 2. The number of anilines is 1. The van der Waals surface area contributed by atoms with Crippen molar-refractivity contribution in [1.82, 2.24) is 15.2 Å². The summed E-state index contributed by atoms with van der Waals surface area (Å²) in [6.07, 6.45) is 3.58. The highest BCUT2D eigenvalue weighted by atomic mass is 32.2. The number of aryl methyl sites for hydroxylation is 1. The second-order valence-electron chi connectivity index (χ2n) is 8.28. The Balaban J connectivity index is 1.51. The van der Waals surface area contributed by atoms with Crippen LogP contribution in [0.2, 0.25) is 0 Å². The Morgan fingerprint density at radius 1 is 1.03 bits per heavy atom. The average Bonchev–Trinajstić information content (AvgIpc) is 3.10. The van der Waals surface area contributed by atoms with Crippen LogP contribution in [0.4, 0.5) is 10.5 Å². The van der Waals surface area contributed by atoms with Crippen molar-refractivity contribution in [1.29, 1.82) is 0 Å². The Morgan fingerprint density at radius 2 is 1.84 bits per heavy atom. The number of nitrogens with zero attached hydrogens (tertiary/aromatic N) is 3. The van der Waals surface area contributed by atoms with Crippen molar-refractivity contribution in [2.45, 2.75) is 6.92 Å². The molecular weight excluding hydrogens is 420 g/mol. The number of imide groups is 1. The molecule has 2 aromatic carbocycles. The number of aromatic nitrogens is 1. The van der Waals surface area contributed by atoms with Gasteiger partial charge in [0.05, 0.1) is 10.4 Å². The van der Waals surface area contributed by atoms with Gasteiger partial charge in [-0.15, -0.1) is 0 Å². The standard InChI is InChI=1S/C25H24N4O2S/c1-16-13-18(4-6-22(16)29-11-9-28(2)10-12-29)19-7-8-26-21-5-3-17(14-20(19)21)15-23-24(30)27-25(31)32-23/h3-8,13-15H,9-12H2,1-2H3,(H,27,30,31). The highest BCUT2D eigenvalue weighted by Crippen LogP contribution is 2.33. The van der Waals surface area contributed by atoms with Crippen molar-refractivity contribution >= 4 is 45.6 Å². The van der Waals surface area contributed by atoms with E-state index in [1.165, 1.54) is 11.3 Å². The van der Waals surface area contributed by atoms with Crippen molar-refractivity contribution in [3.05, 3.63) is 64.7 Å². The van der Waals surface area contributed by atoms with Crippen LogP contribution < -0.4 is 10.2 Å². The van der Waals surface area contributed by atoms with Crippen LogP contribution in [0, 0.1) is 6.92 Å². The summed E-state index contributed by atoms with van der Waals surface area (Å²) in [7, 11) is 2.17. The van der Waals surface area contributed by atoms with Gasteiger partial charge < -0.3 is 9.80 Å². The Kier molecular flexibility index (Phi) is 5.45. The summed E-state index contributed by atoms with van der Waals surface area (Å²) in [6.45, 7) is 6.41. The van der Waals surface area contributed by atoms with E-state index >= 15 is 0 Å². The molecule has 162 valence electrons. The Labute approximate surface area is 191 Å². The molecule has 2 aliphatic heterocycles. The quantitative estimate of drug-likeness (QED) is 0.608. The predicted octanol–water partition coefficient (Wildman–Crippen LogP) is 4.29. The molecule has 0 saturated carbocycles. The normalized spacial score (nSPS) is 18.6. The van der Waals surface area contributed by atoms with Crippen molar-refractivity contribution in [2.24, 2.45) is 0 Å². The summed E-state index contributed by atoms with van der Waals surface area (Å²) in [5.41, 5.74) is 6.55. The fourth-order valence-corrected chi connectivity index (χ4v) is 4.99. The lowest BCUT2D eigenvalue weighted by Crippen LogP contribution is -2.44. The lowest BCUT2D eigenvalue weighted by molar-refractivity contribution is -0.115. The molecule has 6 nitrogen and oxygen atoms in total. The van der Waals surface area contributed by atoms with Gasteiger partial charge in [-0.3, -0.25) is 19.9 Å². The zero-order valence-corrected chi connectivity index (χ0v) is 18.9. The molecule has 1 aromatic heterocycles. The summed E-state index contributed by atoms with van der Waals surface area (Å²) >= 11 is 0.930. The van der Waals surface area contributed by atoms with Crippen LogP contribution >= 0.6 is 11.8 Å². The molecule has 0 bridgehead atoms. The van der Waals surface area contributed by atoms with Crippen molar-refractivity contribution in [2.75, 3.05) is 38.1 Å². The highest BCUT2D eigenvalue weighted by molar-refractivity contribution is 8.18. The number of benzene rings is 2. The molecule has 32 heavy (non-hydrogen) atoms. The van der Waals surface area contributed by atoms with E-state index in [-0.39, 0.29) is 11.1 Å². The maximum Gasteiger partial charge on any atom is 0.290 e. The first-order chi connectivity index (χ1) is 15.5. The van der Waals surface area contributed by atoms with Gasteiger partial charge in [0.15, 0.2) is 0 Å². The largest absolute Gasteiger partial charge is 0.369 e. The summed E-state index contributed by atoms with van der Waals surface area (Å²) in [5.74, 6) is -0.346. The summed E-state index contributed by atoms with van der Waals surface area (Å²) < 4.78 is 0. The van der Waals surface area contributed by atoms with Crippen LogP contribution in [0.1, 0.15) is 11.1 Å². The molecule has 1 N–H and O–H groups in total. The maximum absolute atomic E-state index is 11.9. The second-order valence-corrected chi connectivity index (χ2v) is 9.29. The Hall–Kier alpha value is -3.16. The van der Waals surface area contributed by atoms with Gasteiger partial charge in [-0.2, -0.15) is 0 Å². The minimum absolute atomic E-state index is 0.333. The third-order valence-electron chi connectivity index (χ3n) is 6.06. The maximum atomic E-state index is 11.9. The molecule has 2 amide bonds. The molecule has 2 saturated heterocycles. The topological polar surface area (TPSA) is 65.5 Å². The Morgan fingerprint density at radius 3 is 2.56 bits per heavy atom. The molecule has 0 aliphatic carbocycles. The van der Waals surface area contributed by atoms with E-state index in [0.29, 0.717) is 4.91 Å². The molecule has 2 fully saturated rings. The molecule has 3 aromatic rings. The molecule has 7 heteroatoms. The van der Waals surface area contributed by atoms with Gasteiger partial charge in [0, 0.05) is 43.4 Å². The van der Waals surface area contributed by atoms with Crippen molar-refractivity contribution in [3.63, 3.8) is 0 Å². The minimum Gasteiger partial charge on any atom is -0.369 e. The van der Waals surface area contributed by atoms with Crippen LogP contribution in [0.25, 0.3) is 28.1 Å². The second kappa shape index (κ2) is 8.41. The zero-order valence-electron chi connectivity index (χ0n) is 18.1. The number of thioether (sulfide) groups is 1. The van der Waals surface area contributed by atoms with Crippen LogP contribution in [-0.2, 0) is 4.79 Å². The molecule has 3 heterocycles. The number of hydrogen-bond donors (Lipinski definition) is 1. The minimum atomic E-state index is -0.346. The van der Waals surface area contributed by atoms with E-state index < -0.39 is 0 Å². The van der Waals surface area contributed by atoms with Crippen LogP contribution in [0.3, 0.4) is 0 Å². The first kappa shape index (κ1) is 20.7. The molecule has 5 rings (SSSR count). The van der Waals surface area contributed by atoms with Gasteiger partial charge in [-0.25, -0.2) is 0 Å². The summed E-state index contributed by atoms with van der Waals surface area (Å²) in [5, 5.41) is 2.98. The molecule has 0 unspecified atom stereocenters. The number of likely N-dealkylation sites (N-methyl/N-ethyl adjacent to an activating group) is 1. The van der Waals surface area contributed by atoms with Gasteiger partial charge in [-0.05, 0) is 84.4 Å². The van der Waals surface area contributed by atoms with Gasteiger partial charge in [0.1, 0.15) is 0 Å². The number of pyridine rings is 1. The summed E-state index contributed by atoms with van der Waals surface area (Å²) in [4.78, 5) is 33.1. The number of amides is 2. The van der Waals surface area contributed by atoms with E-state index in [1.807, 2.05) is 30.5 Å². The SMILES string of the molecule is Cc1cc(-c2ccnc3ccc(C=C4SC(=O)NC4=O)cc23)ccc1N1CCN(C)CC1. The van der Waals surface area contributed by atoms with Gasteiger partial charge in [0.2, 0.25) is 0 Å². The van der Waals surface area contributed by atoms with E-state index in [1.54, 1.807) is 6.08 Å². The molecule has 0 spiro atoms. The Bertz CT molecular complexity index is 1260. The van der Waals surface area contributed by atoms with Gasteiger partial charge in [0.25, 0.3) is 11.1 Å². The van der Waals surface area contributed by atoms with Crippen molar-refractivity contribution < 1.29 is 9.59 Å². The predicted molar refractivity (Wildman–Crippen MR) is 131 cm³/mol. The van der Waals surface area contributed by atoms with E-state index in [0.717, 1.165) is 65.5 Å². The molecule has 0 atom stereocenters. The van der Waals surface area contributed by atoms with Crippen LogP contribution in [0.5, 0.6) is 0 Å². The lowest BCUT2D eigenvalue weighted by Gasteiger charge is -2.35. The molecular formula is C25H24N4O2S. The summed E-state index contributed by atoms with van der Waals surface area (Å²) in [6, 6.07) is 14.6. The number of carbonyl (C=O) groups is 2. The number of rotatable bonds is 3. The van der Waals surface area contributed by atoms with E-state index in [9.17, 15) is 9.59 Å². The zero-order chi connectivity index (χ0) is 22.2. The lowest BCUT2D eigenvalue weighted by atomic mass is 9.97. The average molecular weight is 445 g/mol. The highest BCUT2D eigenvalue weighted by Gasteiger charge is 2.25. The number of nitrogens with one attached hydrogen (secondary N) is 1. The fraction of sp³-hybridized carbons (Fsp3) is 0.240. The van der Waals surface area contributed by atoms with Crippen LogP contribution in [-0.4, -0.2) is 54.3 Å². The first-order valence-corrected chi connectivity index (χ1v) is 11.5.